The van der Waals surface area contributed by atoms with Crippen LogP contribution in [0.5, 0.6) is 0 Å². The summed E-state index contributed by atoms with van der Waals surface area (Å²) in [5.41, 5.74) is 11.0. The third-order valence-corrected chi connectivity index (χ3v) is 11.3. The van der Waals surface area contributed by atoms with Gasteiger partial charge in [-0.15, -0.1) is 0 Å². The van der Waals surface area contributed by atoms with Gasteiger partial charge >= 0.3 is 0 Å². The van der Waals surface area contributed by atoms with Crippen molar-refractivity contribution in [3.63, 3.8) is 0 Å². The largest absolute Gasteiger partial charge is 0.456 e. The minimum Gasteiger partial charge on any atom is -0.456 e. The molecule has 0 saturated carbocycles. The number of hydrogen-bond acceptors (Lipinski definition) is 1. The van der Waals surface area contributed by atoms with Gasteiger partial charge in [0.15, 0.2) is 0 Å². The molecule has 0 aliphatic rings. The summed E-state index contributed by atoms with van der Waals surface area (Å²) in [5.74, 6) is 0. The van der Waals surface area contributed by atoms with Gasteiger partial charge in [-0.3, -0.25) is 0 Å². The molecule has 12 rings (SSSR count). The molecule has 9 aromatic carbocycles. The van der Waals surface area contributed by atoms with E-state index in [4.69, 9.17) is 4.42 Å². The second kappa shape index (κ2) is 10.7. The van der Waals surface area contributed by atoms with Gasteiger partial charge in [-0.05, 0) is 75.8 Å². The molecule has 0 spiro atoms. The molecule has 0 aliphatic heterocycles. The van der Waals surface area contributed by atoms with Crippen LogP contribution in [0.1, 0.15) is 0 Å². The molecule has 3 nitrogen and oxygen atoms in total. The summed E-state index contributed by atoms with van der Waals surface area (Å²) in [6.07, 6.45) is 0. The predicted molar refractivity (Wildman–Crippen MR) is 223 cm³/mol. The standard InChI is InChI=1S/C50H30N2O/c1-2-14-34-32(13-1)28-46(36-16-4-3-15-35(34)36)52-44-23-11-7-19-39(44)40-26-25-31(27-45(40)52)33-29-47(50-41-20-8-12-24-48(41)53-49(50)30-33)51-42-21-9-5-17-37(42)38-18-6-10-22-43(38)51/h1-30H. The number of aromatic nitrogens is 2. The van der Waals surface area contributed by atoms with Crippen LogP contribution in [0.25, 0.3) is 110 Å². The highest BCUT2D eigenvalue weighted by atomic mass is 16.3. The van der Waals surface area contributed by atoms with Gasteiger partial charge in [0.1, 0.15) is 11.2 Å². The molecule has 3 heteroatoms. The Morgan fingerprint density at radius 1 is 0.302 bits per heavy atom. The van der Waals surface area contributed by atoms with Crippen LogP contribution in [0.3, 0.4) is 0 Å². The lowest BCUT2D eigenvalue weighted by Gasteiger charge is -2.15. The molecule has 0 bridgehead atoms. The molecule has 53 heavy (non-hydrogen) atoms. The van der Waals surface area contributed by atoms with E-state index < -0.39 is 0 Å². The van der Waals surface area contributed by atoms with Crippen molar-refractivity contribution in [2.45, 2.75) is 0 Å². The number of fused-ring (bicyclic) bond motifs is 12. The summed E-state index contributed by atoms with van der Waals surface area (Å²) >= 11 is 0. The fraction of sp³-hybridized carbons (Fsp3) is 0. The summed E-state index contributed by atoms with van der Waals surface area (Å²) in [4.78, 5) is 0. The van der Waals surface area contributed by atoms with Crippen molar-refractivity contribution >= 4 is 87.1 Å². The van der Waals surface area contributed by atoms with Gasteiger partial charge in [-0.1, -0.05) is 133 Å². The Bertz CT molecular complexity index is 3410. The zero-order valence-electron chi connectivity index (χ0n) is 28.6. The Balaban J connectivity index is 1.18. The van der Waals surface area contributed by atoms with Crippen LogP contribution in [0, 0.1) is 0 Å². The van der Waals surface area contributed by atoms with Gasteiger partial charge in [-0.2, -0.15) is 0 Å². The van der Waals surface area contributed by atoms with Crippen molar-refractivity contribution < 1.29 is 4.42 Å². The lowest BCUT2D eigenvalue weighted by molar-refractivity contribution is 0.669. The van der Waals surface area contributed by atoms with Crippen molar-refractivity contribution in [2.75, 3.05) is 0 Å². The summed E-state index contributed by atoms with van der Waals surface area (Å²) in [7, 11) is 0. The third-order valence-electron chi connectivity index (χ3n) is 11.3. The number of nitrogens with zero attached hydrogens (tertiary/aromatic N) is 2. The zero-order valence-corrected chi connectivity index (χ0v) is 28.6. The fourth-order valence-electron chi connectivity index (χ4n) is 8.99. The average Bonchev–Trinajstić information content (AvgIpc) is 3.88. The lowest BCUT2D eigenvalue weighted by atomic mass is 9.99. The van der Waals surface area contributed by atoms with E-state index in [1.807, 2.05) is 0 Å². The first kappa shape index (κ1) is 28.6. The first-order chi connectivity index (χ1) is 26.3. The Kier molecular flexibility index (Phi) is 5.77. The van der Waals surface area contributed by atoms with Crippen LogP contribution >= 0.6 is 0 Å². The number of benzene rings is 9. The van der Waals surface area contributed by atoms with Crippen LogP contribution in [-0.2, 0) is 0 Å². The maximum absolute atomic E-state index is 6.68. The number of furan rings is 1. The van der Waals surface area contributed by atoms with E-state index in [9.17, 15) is 0 Å². The van der Waals surface area contributed by atoms with Gasteiger partial charge in [0.05, 0.1) is 38.8 Å². The van der Waals surface area contributed by atoms with Crippen molar-refractivity contribution in [1.29, 1.82) is 0 Å². The molecule has 0 N–H and O–H groups in total. The summed E-state index contributed by atoms with van der Waals surface area (Å²) in [5, 5.41) is 12.2. The average molecular weight is 675 g/mol. The molecular formula is C50H30N2O. The van der Waals surface area contributed by atoms with Gasteiger partial charge < -0.3 is 13.6 Å². The highest BCUT2D eigenvalue weighted by Crippen LogP contribution is 2.43. The molecule has 0 amide bonds. The topological polar surface area (TPSA) is 23.0 Å². The summed E-state index contributed by atoms with van der Waals surface area (Å²) in [6, 6.07) is 66.1. The van der Waals surface area contributed by atoms with Crippen molar-refractivity contribution in [1.82, 2.24) is 9.13 Å². The molecule has 0 saturated heterocycles. The van der Waals surface area contributed by atoms with Crippen LogP contribution in [0.4, 0.5) is 0 Å². The minimum atomic E-state index is 0.877. The lowest BCUT2D eigenvalue weighted by Crippen LogP contribution is -1.97. The van der Waals surface area contributed by atoms with E-state index in [2.05, 4.69) is 191 Å². The molecule has 0 unspecified atom stereocenters. The highest BCUT2D eigenvalue weighted by molar-refractivity contribution is 6.17. The second-order valence-corrected chi connectivity index (χ2v) is 14.1. The van der Waals surface area contributed by atoms with Crippen molar-refractivity contribution in [3.05, 3.63) is 182 Å². The summed E-state index contributed by atoms with van der Waals surface area (Å²) < 4.78 is 11.6. The maximum atomic E-state index is 6.68. The quantitative estimate of drug-likeness (QED) is 0.171. The van der Waals surface area contributed by atoms with Gasteiger partial charge in [0, 0.05) is 32.3 Å². The molecule has 0 fully saturated rings. The number of rotatable bonds is 3. The molecule has 3 aromatic heterocycles. The first-order valence-corrected chi connectivity index (χ1v) is 18.2. The Hall–Kier alpha value is -7.10. The Labute approximate surface area is 304 Å². The molecular weight excluding hydrogens is 645 g/mol. The van der Waals surface area contributed by atoms with Crippen LogP contribution in [0.2, 0.25) is 0 Å². The SMILES string of the molecule is c1ccc2c(c1)cc(-n1c3ccccc3c3ccc(-c4cc(-n5c6ccccc6c6ccccc65)c5c(c4)oc4ccccc45)cc31)c1ccccc12. The molecule has 0 atom stereocenters. The van der Waals surface area contributed by atoms with E-state index in [0.717, 1.165) is 38.8 Å². The van der Waals surface area contributed by atoms with Crippen molar-refractivity contribution in [3.8, 4) is 22.5 Å². The maximum Gasteiger partial charge on any atom is 0.138 e. The predicted octanol–water partition coefficient (Wildman–Crippen LogP) is 13.8. The molecule has 0 radical (unpaired) electrons. The van der Waals surface area contributed by atoms with E-state index in [1.54, 1.807) is 0 Å². The molecule has 246 valence electrons. The normalized spacial score (nSPS) is 12.2. The zero-order chi connectivity index (χ0) is 34.6. The molecule has 3 heterocycles. The Morgan fingerprint density at radius 3 is 1.53 bits per heavy atom. The Morgan fingerprint density at radius 2 is 0.830 bits per heavy atom. The number of hydrogen-bond donors (Lipinski definition) is 0. The smallest absolute Gasteiger partial charge is 0.138 e. The van der Waals surface area contributed by atoms with Gasteiger partial charge in [0.2, 0.25) is 0 Å². The van der Waals surface area contributed by atoms with Crippen molar-refractivity contribution in [2.24, 2.45) is 0 Å². The summed E-state index contributed by atoms with van der Waals surface area (Å²) in [6.45, 7) is 0. The van der Waals surface area contributed by atoms with Crippen LogP contribution < -0.4 is 0 Å². The fourth-order valence-corrected chi connectivity index (χ4v) is 8.99. The van der Waals surface area contributed by atoms with Gasteiger partial charge in [0.25, 0.3) is 0 Å². The van der Waals surface area contributed by atoms with E-state index in [-0.39, 0.29) is 0 Å². The second-order valence-electron chi connectivity index (χ2n) is 14.1. The van der Waals surface area contributed by atoms with Gasteiger partial charge in [-0.25, -0.2) is 0 Å². The third kappa shape index (κ3) is 3.99. The van der Waals surface area contributed by atoms with Crippen LogP contribution in [-0.4, -0.2) is 9.13 Å². The highest BCUT2D eigenvalue weighted by Gasteiger charge is 2.21. The van der Waals surface area contributed by atoms with E-state index in [1.165, 1.54) is 70.8 Å². The van der Waals surface area contributed by atoms with E-state index in [0.29, 0.717) is 0 Å². The van der Waals surface area contributed by atoms with Crippen LogP contribution in [0.15, 0.2) is 186 Å². The van der Waals surface area contributed by atoms with E-state index >= 15 is 0 Å². The monoisotopic (exact) mass is 674 g/mol. The number of para-hydroxylation sites is 4. The molecule has 12 aromatic rings. The first-order valence-electron chi connectivity index (χ1n) is 18.2. The minimum absolute atomic E-state index is 0.877. The molecule has 0 aliphatic carbocycles.